The number of nitrogens with one attached hydrogen (secondary N) is 2. The maximum Gasteiger partial charge on any atom is 0.221 e. The molecule has 3 heteroatoms. The molecule has 1 saturated carbocycles. The van der Waals surface area contributed by atoms with Crippen molar-refractivity contribution in [3.8, 4) is 0 Å². The highest BCUT2D eigenvalue weighted by atomic mass is 16.1. The SMILES string of the molecule is O=C(CC1CCCN1)NCCC1CC1. The molecule has 0 radical (unpaired) electrons. The molecule has 2 rings (SSSR count). The molecule has 14 heavy (non-hydrogen) atoms. The number of amides is 1. The number of carbonyl (C=O) groups is 1. The van der Waals surface area contributed by atoms with Crippen LogP contribution in [0, 0.1) is 5.92 Å². The molecule has 1 unspecified atom stereocenters. The topological polar surface area (TPSA) is 41.1 Å². The summed E-state index contributed by atoms with van der Waals surface area (Å²) >= 11 is 0. The van der Waals surface area contributed by atoms with Crippen LogP contribution in [0.25, 0.3) is 0 Å². The Bertz CT molecular complexity index is 195. The third-order valence-corrected chi connectivity index (χ3v) is 3.17. The monoisotopic (exact) mass is 196 g/mol. The standard InChI is InChI=1S/C11H20N2O/c14-11(8-10-2-1-6-12-10)13-7-5-9-3-4-9/h9-10,12H,1-8H2,(H,13,14). The molecule has 80 valence electrons. The maximum absolute atomic E-state index is 11.4. The number of carbonyl (C=O) groups excluding carboxylic acids is 1. The molecule has 3 nitrogen and oxygen atoms in total. The summed E-state index contributed by atoms with van der Waals surface area (Å²) in [4.78, 5) is 11.4. The summed E-state index contributed by atoms with van der Waals surface area (Å²) in [5.41, 5.74) is 0. The van der Waals surface area contributed by atoms with Gasteiger partial charge in [-0.15, -0.1) is 0 Å². The van der Waals surface area contributed by atoms with Gasteiger partial charge in [0.2, 0.25) is 5.91 Å². The van der Waals surface area contributed by atoms with Crippen molar-refractivity contribution in [2.24, 2.45) is 5.92 Å². The summed E-state index contributed by atoms with van der Waals surface area (Å²) in [6, 6.07) is 0.441. The van der Waals surface area contributed by atoms with Gasteiger partial charge in [0.1, 0.15) is 0 Å². The van der Waals surface area contributed by atoms with Crippen LogP contribution in [0.1, 0.15) is 38.5 Å². The molecule has 2 aliphatic rings. The van der Waals surface area contributed by atoms with Gasteiger partial charge in [-0.3, -0.25) is 4.79 Å². The van der Waals surface area contributed by atoms with Gasteiger partial charge in [-0.05, 0) is 31.7 Å². The number of hydrogen-bond donors (Lipinski definition) is 2. The first-order valence-electron chi connectivity index (χ1n) is 5.84. The van der Waals surface area contributed by atoms with Gasteiger partial charge >= 0.3 is 0 Å². The van der Waals surface area contributed by atoms with Gasteiger partial charge < -0.3 is 10.6 Å². The van der Waals surface area contributed by atoms with Crippen molar-refractivity contribution in [1.82, 2.24) is 10.6 Å². The smallest absolute Gasteiger partial charge is 0.221 e. The largest absolute Gasteiger partial charge is 0.356 e. The summed E-state index contributed by atoms with van der Waals surface area (Å²) in [6.45, 7) is 1.97. The van der Waals surface area contributed by atoms with Crippen LogP contribution in [0.4, 0.5) is 0 Å². The molecular formula is C11H20N2O. The summed E-state index contributed by atoms with van der Waals surface area (Å²) in [7, 11) is 0. The molecule has 0 spiro atoms. The Balaban J connectivity index is 1.53. The molecule has 0 aromatic carbocycles. The zero-order chi connectivity index (χ0) is 9.80. The third kappa shape index (κ3) is 3.29. The van der Waals surface area contributed by atoms with E-state index in [1.54, 1.807) is 0 Å². The first-order chi connectivity index (χ1) is 6.84. The molecule has 1 aliphatic heterocycles. The molecule has 1 heterocycles. The summed E-state index contributed by atoms with van der Waals surface area (Å²) < 4.78 is 0. The summed E-state index contributed by atoms with van der Waals surface area (Å²) in [6.07, 6.45) is 6.99. The van der Waals surface area contributed by atoms with Gasteiger partial charge in [-0.1, -0.05) is 12.8 Å². The fraction of sp³-hybridized carbons (Fsp3) is 0.909. The van der Waals surface area contributed by atoms with Crippen LogP contribution in [-0.4, -0.2) is 25.0 Å². The fourth-order valence-electron chi connectivity index (χ4n) is 2.05. The Labute approximate surface area is 85.6 Å². The predicted molar refractivity (Wildman–Crippen MR) is 56.0 cm³/mol. The van der Waals surface area contributed by atoms with E-state index in [0.29, 0.717) is 12.5 Å². The van der Waals surface area contributed by atoms with Gasteiger partial charge in [-0.2, -0.15) is 0 Å². The van der Waals surface area contributed by atoms with Crippen LogP contribution in [0.2, 0.25) is 0 Å². The van der Waals surface area contributed by atoms with Gasteiger partial charge in [0.15, 0.2) is 0 Å². The first-order valence-corrected chi connectivity index (χ1v) is 5.84. The lowest BCUT2D eigenvalue weighted by Crippen LogP contribution is -2.32. The Kier molecular flexibility index (Phi) is 3.40. The highest BCUT2D eigenvalue weighted by molar-refractivity contribution is 5.76. The van der Waals surface area contributed by atoms with Crippen molar-refractivity contribution in [2.45, 2.75) is 44.6 Å². The Morgan fingerprint density at radius 1 is 1.36 bits per heavy atom. The van der Waals surface area contributed by atoms with E-state index in [0.717, 1.165) is 25.4 Å². The van der Waals surface area contributed by atoms with Crippen LogP contribution in [0.3, 0.4) is 0 Å². The minimum atomic E-state index is 0.227. The molecule has 2 N–H and O–H groups in total. The van der Waals surface area contributed by atoms with Crippen molar-refractivity contribution < 1.29 is 4.79 Å². The molecule has 1 saturated heterocycles. The van der Waals surface area contributed by atoms with E-state index in [9.17, 15) is 4.79 Å². The summed E-state index contributed by atoms with van der Waals surface area (Å²) in [5, 5.41) is 6.34. The van der Waals surface area contributed by atoms with Crippen molar-refractivity contribution in [3.63, 3.8) is 0 Å². The van der Waals surface area contributed by atoms with E-state index in [1.807, 2.05) is 0 Å². The van der Waals surface area contributed by atoms with Gasteiger partial charge in [0.05, 0.1) is 0 Å². The molecule has 0 bridgehead atoms. The van der Waals surface area contributed by atoms with Crippen molar-refractivity contribution in [1.29, 1.82) is 0 Å². The van der Waals surface area contributed by atoms with Crippen LogP contribution in [-0.2, 0) is 4.79 Å². The van der Waals surface area contributed by atoms with Gasteiger partial charge in [-0.25, -0.2) is 0 Å². The van der Waals surface area contributed by atoms with E-state index >= 15 is 0 Å². The van der Waals surface area contributed by atoms with Gasteiger partial charge in [0.25, 0.3) is 0 Å². The normalized spacial score (nSPS) is 26.4. The first kappa shape index (κ1) is 9.97. The second kappa shape index (κ2) is 4.78. The van der Waals surface area contributed by atoms with Crippen LogP contribution < -0.4 is 10.6 Å². The van der Waals surface area contributed by atoms with Crippen LogP contribution in [0.15, 0.2) is 0 Å². The summed E-state index contributed by atoms with van der Waals surface area (Å²) in [5.74, 6) is 1.14. The van der Waals surface area contributed by atoms with Crippen LogP contribution >= 0.6 is 0 Å². The molecule has 0 aromatic heterocycles. The van der Waals surface area contributed by atoms with Crippen molar-refractivity contribution >= 4 is 5.91 Å². The average Bonchev–Trinajstić information content (AvgIpc) is 2.83. The molecule has 1 atom stereocenters. The molecule has 0 aromatic rings. The molecular weight excluding hydrogens is 176 g/mol. The zero-order valence-corrected chi connectivity index (χ0v) is 8.72. The Morgan fingerprint density at radius 2 is 2.21 bits per heavy atom. The fourth-order valence-corrected chi connectivity index (χ4v) is 2.05. The maximum atomic E-state index is 11.4. The van der Waals surface area contributed by atoms with Crippen molar-refractivity contribution in [3.05, 3.63) is 0 Å². The quantitative estimate of drug-likeness (QED) is 0.690. The number of rotatable bonds is 5. The van der Waals surface area contributed by atoms with E-state index in [-0.39, 0.29) is 5.91 Å². The lowest BCUT2D eigenvalue weighted by molar-refractivity contribution is -0.121. The molecule has 1 aliphatic carbocycles. The lowest BCUT2D eigenvalue weighted by Gasteiger charge is -2.09. The van der Waals surface area contributed by atoms with Gasteiger partial charge in [0, 0.05) is 19.0 Å². The highest BCUT2D eigenvalue weighted by Crippen LogP contribution is 2.31. The van der Waals surface area contributed by atoms with Crippen molar-refractivity contribution in [2.75, 3.05) is 13.1 Å². The van der Waals surface area contributed by atoms with E-state index in [4.69, 9.17) is 0 Å². The van der Waals surface area contributed by atoms with Crippen LogP contribution in [0.5, 0.6) is 0 Å². The number of hydrogen-bond acceptors (Lipinski definition) is 2. The zero-order valence-electron chi connectivity index (χ0n) is 8.72. The average molecular weight is 196 g/mol. The molecule has 2 fully saturated rings. The third-order valence-electron chi connectivity index (χ3n) is 3.17. The minimum Gasteiger partial charge on any atom is -0.356 e. The lowest BCUT2D eigenvalue weighted by atomic mass is 10.1. The van der Waals surface area contributed by atoms with E-state index in [2.05, 4.69) is 10.6 Å². The minimum absolute atomic E-state index is 0.227. The van der Waals surface area contributed by atoms with E-state index in [1.165, 1.54) is 25.7 Å². The Morgan fingerprint density at radius 3 is 2.86 bits per heavy atom. The Hall–Kier alpha value is -0.570. The predicted octanol–water partition coefficient (Wildman–Crippen LogP) is 1.04. The molecule has 1 amide bonds. The highest BCUT2D eigenvalue weighted by Gasteiger charge is 2.21. The van der Waals surface area contributed by atoms with E-state index < -0.39 is 0 Å². The second-order valence-electron chi connectivity index (χ2n) is 4.58. The second-order valence-corrected chi connectivity index (χ2v) is 4.58.